The topological polar surface area (TPSA) is 139 Å². The molecule has 0 saturated carbocycles. The average Bonchev–Trinajstić information content (AvgIpc) is 3.52. The molecule has 39 heavy (non-hydrogen) atoms. The number of anilines is 1. The molecule has 3 aromatic heterocycles. The van der Waals surface area contributed by atoms with Crippen molar-refractivity contribution in [3.05, 3.63) is 58.5 Å². The van der Waals surface area contributed by atoms with Crippen molar-refractivity contribution >= 4 is 33.3 Å². The van der Waals surface area contributed by atoms with Gasteiger partial charge in [-0.1, -0.05) is 6.07 Å². The Balaban J connectivity index is 1.33. The molecular weight excluding hydrogens is 564 g/mol. The van der Waals surface area contributed by atoms with Gasteiger partial charge in [0.05, 0.1) is 35.8 Å². The van der Waals surface area contributed by atoms with Gasteiger partial charge in [-0.05, 0) is 65.9 Å². The van der Waals surface area contributed by atoms with Gasteiger partial charge in [-0.3, -0.25) is 9.78 Å². The Labute approximate surface area is 233 Å². The zero-order valence-electron chi connectivity index (χ0n) is 21.4. The molecule has 2 unspecified atom stereocenters. The fourth-order valence-electron chi connectivity index (χ4n) is 6.16. The first-order chi connectivity index (χ1) is 18.9. The summed E-state index contributed by atoms with van der Waals surface area (Å²) in [4.78, 5) is 23.9. The third-order valence-electron chi connectivity index (χ3n) is 8.01. The van der Waals surface area contributed by atoms with E-state index in [1.165, 1.54) is 0 Å². The molecule has 2 bridgehead atoms. The van der Waals surface area contributed by atoms with E-state index in [1.54, 1.807) is 24.0 Å². The summed E-state index contributed by atoms with van der Waals surface area (Å²) >= 11 is 3.67. The van der Waals surface area contributed by atoms with Gasteiger partial charge in [0.15, 0.2) is 5.65 Å². The SMILES string of the molecule is COc1ccc(-c2ccc(-c3cnn4c(N)c(Br)c(C5CC6CC[C@H](C5)N6C(=O)CO)nc34)cn2)cc1CO. The van der Waals surface area contributed by atoms with E-state index in [0.717, 1.165) is 58.2 Å². The highest BCUT2D eigenvalue weighted by Crippen LogP contribution is 2.45. The number of nitrogens with two attached hydrogens (primary N) is 1. The number of pyridine rings is 1. The number of hydrogen-bond donors (Lipinski definition) is 3. The van der Waals surface area contributed by atoms with Crippen LogP contribution in [0.1, 0.15) is 42.9 Å². The normalized spacial score (nSPS) is 20.5. The van der Waals surface area contributed by atoms with Crippen LogP contribution in [0.3, 0.4) is 0 Å². The van der Waals surface area contributed by atoms with E-state index in [9.17, 15) is 15.0 Å². The molecule has 4 N–H and O–H groups in total. The number of benzene rings is 1. The van der Waals surface area contributed by atoms with E-state index < -0.39 is 6.61 Å². The molecule has 10 nitrogen and oxygen atoms in total. The van der Waals surface area contributed by atoms with Crippen LogP contribution in [0.15, 0.2) is 47.2 Å². The van der Waals surface area contributed by atoms with Crippen molar-refractivity contribution in [3.8, 4) is 28.1 Å². The van der Waals surface area contributed by atoms with Crippen LogP contribution < -0.4 is 10.5 Å². The second-order valence-corrected chi connectivity index (χ2v) is 10.9. The highest BCUT2D eigenvalue weighted by molar-refractivity contribution is 9.10. The number of aliphatic hydroxyl groups excluding tert-OH is 2. The third kappa shape index (κ3) is 4.34. The highest BCUT2D eigenvalue weighted by atomic mass is 79.9. The van der Waals surface area contributed by atoms with Crippen molar-refractivity contribution in [1.82, 2.24) is 24.5 Å². The van der Waals surface area contributed by atoms with Crippen LogP contribution in [-0.2, 0) is 11.4 Å². The number of aliphatic hydroxyl groups is 2. The fourth-order valence-corrected chi connectivity index (χ4v) is 6.74. The molecule has 2 aliphatic heterocycles. The van der Waals surface area contributed by atoms with Gasteiger partial charge < -0.3 is 25.6 Å². The lowest BCUT2D eigenvalue weighted by atomic mass is 9.87. The third-order valence-corrected chi connectivity index (χ3v) is 8.82. The van der Waals surface area contributed by atoms with E-state index >= 15 is 0 Å². The summed E-state index contributed by atoms with van der Waals surface area (Å²) in [5.74, 6) is 1.04. The monoisotopic (exact) mass is 592 g/mol. The molecule has 1 amide bonds. The summed E-state index contributed by atoms with van der Waals surface area (Å²) in [5, 5.41) is 23.6. The number of hydrogen-bond acceptors (Lipinski definition) is 8. The van der Waals surface area contributed by atoms with Crippen LogP contribution >= 0.6 is 15.9 Å². The van der Waals surface area contributed by atoms with Gasteiger partial charge in [0, 0.05) is 46.5 Å². The lowest BCUT2D eigenvalue weighted by molar-refractivity contribution is -0.138. The zero-order valence-corrected chi connectivity index (χ0v) is 23.0. The molecule has 6 rings (SSSR count). The summed E-state index contributed by atoms with van der Waals surface area (Å²) in [5.41, 5.74) is 12.0. The minimum Gasteiger partial charge on any atom is -0.496 e. The number of rotatable bonds is 6. The van der Waals surface area contributed by atoms with Crippen LogP contribution in [0.5, 0.6) is 5.75 Å². The largest absolute Gasteiger partial charge is 0.496 e. The van der Waals surface area contributed by atoms with Gasteiger partial charge in [-0.15, -0.1) is 0 Å². The number of nitrogens with zero attached hydrogens (tertiary/aromatic N) is 5. The molecule has 5 heterocycles. The van der Waals surface area contributed by atoms with Gasteiger partial charge in [0.2, 0.25) is 5.91 Å². The summed E-state index contributed by atoms with van der Waals surface area (Å²) in [7, 11) is 1.58. The minimum atomic E-state index is -0.453. The van der Waals surface area contributed by atoms with Gasteiger partial charge >= 0.3 is 0 Å². The number of amides is 1. The molecule has 3 atom stereocenters. The number of piperidine rings is 1. The Morgan fingerprint density at radius 2 is 1.87 bits per heavy atom. The lowest BCUT2D eigenvalue weighted by Crippen LogP contribution is -2.47. The number of carbonyl (C=O) groups is 1. The van der Waals surface area contributed by atoms with Gasteiger partial charge in [-0.25, -0.2) is 4.98 Å². The number of carbonyl (C=O) groups excluding carboxylic acids is 1. The molecule has 2 aliphatic rings. The van der Waals surface area contributed by atoms with E-state index in [-0.39, 0.29) is 30.5 Å². The first-order valence-corrected chi connectivity index (χ1v) is 13.7. The summed E-state index contributed by atoms with van der Waals surface area (Å²) in [6, 6.07) is 9.71. The predicted octanol–water partition coefficient (Wildman–Crippen LogP) is 3.53. The van der Waals surface area contributed by atoms with Crippen molar-refractivity contribution in [1.29, 1.82) is 0 Å². The van der Waals surface area contributed by atoms with Gasteiger partial charge in [0.1, 0.15) is 18.2 Å². The van der Waals surface area contributed by atoms with Crippen LogP contribution in [0, 0.1) is 0 Å². The Morgan fingerprint density at radius 1 is 1.13 bits per heavy atom. The quantitative estimate of drug-likeness (QED) is 0.309. The molecule has 0 spiro atoms. The Bertz CT molecular complexity index is 1540. The zero-order chi connectivity index (χ0) is 27.3. The second kappa shape index (κ2) is 10.2. The highest BCUT2D eigenvalue weighted by Gasteiger charge is 2.44. The van der Waals surface area contributed by atoms with Crippen molar-refractivity contribution in [3.63, 3.8) is 0 Å². The van der Waals surface area contributed by atoms with Crippen LogP contribution in [-0.4, -0.2) is 66.4 Å². The Hall–Kier alpha value is -3.54. The first kappa shape index (κ1) is 25.7. The number of nitrogen functional groups attached to an aromatic ring is 1. The van der Waals surface area contributed by atoms with Gasteiger partial charge in [-0.2, -0.15) is 9.61 Å². The second-order valence-electron chi connectivity index (χ2n) is 10.1. The van der Waals surface area contributed by atoms with Crippen molar-refractivity contribution < 1.29 is 19.7 Å². The molecule has 0 radical (unpaired) electrons. The summed E-state index contributed by atoms with van der Waals surface area (Å²) in [6.45, 7) is -0.577. The number of halogens is 1. The number of aromatic nitrogens is 4. The van der Waals surface area contributed by atoms with E-state index in [2.05, 4.69) is 26.0 Å². The van der Waals surface area contributed by atoms with Crippen molar-refractivity contribution in [2.45, 2.75) is 50.3 Å². The summed E-state index contributed by atoms with van der Waals surface area (Å²) in [6.07, 6.45) is 6.96. The maximum Gasteiger partial charge on any atom is 0.248 e. The average molecular weight is 593 g/mol. The first-order valence-electron chi connectivity index (χ1n) is 12.9. The van der Waals surface area contributed by atoms with Crippen molar-refractivity contribution in [2.24, 2.45) is 0 Å². The van der Waals surface area contributed by atoms with E-state index in [0.29, 0.717) is 22.8 Å². The van der Waals surface area contributed by atoms with Crippen LogP contribution in [0.25, 0.3) is 28.0 Å². The van der Waals surface area contributed by atoms with E-state index in [4.69, 9.17) is 15.5 Å². The molecule has 2 fully saturated rings. The summed E-state index contributed by atoms with van der Waals surface area (Å²) < 4.78 is 7.66. The molecule has 202 valence electrons. The standard InChI is InChI=1S/C28H29BrN6O4/c1-39-23-7-3-15(8-18(23)13-36)22-6-2-16(11-31-22)21-12-32-35-27(30)25(29)26(33-28(21)35)17-9-19-4-5-20(10-17)34(19)24(38)14-37/h2-3,6-8,11-12,17,19-20,36-37H,4-5,9-10,13-14,30H2,1H3/t17?,19-,20?/m1/s1. The number of fused-ring (bicyclic) bond motifs is 3. The van der Waals surface area contributed by atoms with Gasteiger partial charge in [0.25, 0.3) is 0 Å². The lowest BCUT2D eigenvalue weighted by Gasteiger charge is -2.38. The van der Waals surface area contributed by atoms with E-state index in [1.807, 2.05) is 35.2 Å². The van der Waals surface area contributed by atoms with Crippen LogP contribution in [0.2, 0.25) is 0 Å². The molecule has 4 aromatic rings. The molecule has 0 aliphatic carbocycles. The van der Waals surface area contributed by atoms with Crippen molar-refractivity contribution in [2.75, 3.05) is 19.5 Å². The molecular formula is C28H29BrN6O4. The maximum absolute atomic E-state index is 12.3. The number of methoxy groups -OCH3 is 1. The molecule has 1 aromatic carbocycles. The minimum absolute atomic E-state index is 0.102. The number of ether oxygens (including phenoxy) is 1. The smallest absolute Gasteiger partial charge is 0.248 e. The fraction of sp³-hybridized carbons (Fsp3) is 0.357. The van der Waals surface area contributed by atoms with Crippen LogP contribution in [0.4, 0.5) is 5.82 Å². The Kier molecular flexibility index (Phi) is 6.74. The Morgan fingerprint density at radius 3 is 2.51 bits per heavy atom. The molecule has 11 heteroatoms. The predicted molar refractivity (Wildman–Crippen MR) is 149 cm³/mol. The molecule has 2 saturated heterocycles. The maximum atomic E-state index is 12.3.